The number of hydrogen-bond acceptors (Lipinski definition) is 5. The van der Waals surface area contributed by atoms with Crippen molar-refractivity contribution in [3.05, 3.63) is 40.0 Å². The van der Waals surface area contributed by atoms with Crippen LogP contribution in [0.1, 0.15) is 62.3 Å². The van der Waals surface area contributed by atoms with E-state index in [1.807, 2.05) is 32.9 Å². The Morgan fingerprint density at radius 3 is 2.64 bits per heavy atom. The lowest BCUT2D eigenvalue weighted by Crippen LogP contribution is -2.46. The first-order chi connectivity index (χ1) is 11.8. The minimum Gasteiger partial charge on any atom is -0.507 e. The third kappa shape index (κ3) is 2.12. The highest BCUT2D eigenvalue weighted by molar-refractivity contribution is 5.93. The molecule has 0 bridgehead atoms. The maximum Gasteiger partial charge on any atom is 0.337 e. The van der Waals surface area contributed by atoms with Crippen LogP contribution in [0.2, 0.25) is 0 Å². The van der Waals surface area contributed by atoms with E-state index in [4.69, 9.17) is 4.74 Å². The van der Waals surface area contributed by atoms with Gasteiger partial charge >= 0.3 is 5.97 Å². The van der Waals surface area contributed by atoms with Gasteiger partial charge in [-0.3, -0.25) is 0 Å². The lowest BCUT2D eigenvalue weighted by Gasteiger charge is -2.49. The van der Waals surface area contributed by atoms with Crippen molar-refractivity contribution in [1.82, 2.24) is 0 Å². The molecule has 4 rings (SSSR count). The number of cyclic esters (lactones) is 1. The number of aromatic hydroxyl groups is 1. The van der Waals surface area contributed by atoms with E-state index < -0.39 is 23.6 Å². The van der Waals surface area contributed by atoms with E-state index in [0.717, 1.165) is 16.7 Å². The highest BCUT2D eigenvalue weighted by Gasteiger charge is 2.54. The van der Waals surface area contributed by atoms with Crippen molar-refractivity contribution in [3.8, 4) is 5.75 Å². The van der Waals surface area contributed by atoms with Crippen molar-refractivity contribution < 1.29 is 24.9 Å². The molecule has 0 aromatic heterocycles. The largest absolute Gasteiger partial charge is 0.507 e. The summed E-state index contributed by atoms with van der Waals surface area (Å²) in [5.41, 5.74) is 2.99. The lowest BCUT2D eigenvalue weighted by atomic mass is 9.55. The van der Waals surface area contributed by atoms with E-state index in [1.54, 1.807) is 0 Å². The monoisotopic (exact) mass is 344 g/mol. The number of phenols is 1. The average Bonchev–Trinajstić information content (AvgIpc) is 2.91. The molecule has 0 saturated heterocycles. The molecule has 0 spiro atoms. The fourth-order valence-corrected chi connectivity index (χ4v) is 5.07. The number of aliphatic hydroxyl groups excluding tert-OH is 2. The van der Waals surface area contributed by atoms with Crippen LogP contribution in [0.3, 0.4) is 0 Å². The molecule has 3 N–H and O–H groups in total. The minimum absolute atomic E-state index is 0.0795. The Bertz CT molecular complexity index is 794. The molecule has 25 heavy (non-hydrogen) atoms. The van der Waals surface area contributed by atoms with E-state index in [-0.39, 0.29) is 24.2 Å². The Hall–Kier alpha value is -1.85. The first-order valence-corrected chi connectivity index (χ1v) is 8.88. The molecule has 0 radical (unpaired) electrons. The molecule has 0 saturated carbocycles. The topological polar surface area (TPSA) is 87.0 Å². The fourth-order valence-electron chi connectivity index (χ4n) is 5.07. The van der Waals surface area contributed by atoms with Crippen molar-refractivity contribution in [2.24, 2.45) is 5.92 Å². The van der Waals surface area contributed by atoms with Crippen molar-refractivity contribution in [2.75, 3.05) is 6.61 Å². The zero-order chi connectivity index (χ0) is 18.1. The highest BCUT2D eigenvalue weighted by atomic mass is 16.5. The van der Waals surface area contributed by atoms with E-state index in [9.17, 15) is 20.1 Å². The summed E-state index contributed by atoms with van der Waals surface area (Å²) < 4.78 is 5.16. The normalized spacial score (nSPS) is 33.8. The number of fused-ring (bicyclic) bond motifs is 4. The maximum absolute atomic E-state index is 12.0. The smallest absolute Gasteiger partial charge is 0.337 e. The molecule has 1 aliphatic heterocycles. The molecule has 2 aliphatic carbocycles. The number of ether oxygens (including phenoxy) is 1. The summed E-state index contributed by atoms with van der Waals surface area (Å²) in [7, 11) is 0. The van der Waals surface area contributed by atoms with Crippen molar-refractivity contribution in [1.29, 1.82) is 0 Å². The molecule has 5 nitrogen and oxygen atoms in total. The van der Waals surface area contributed by atoms with Crippen LogP contribution in [0, 0.1) is 5.92 Å². The van der Waals surface area contributed by atoms with Crippen molar-refractivity contribution >= 4 is 5.97 Å². The number of carbonyl (C=O) groups is 1. The van der Waals surface area contributed by atoms with Gasteiger partial charge in [0, 0.05) is 11.0 Å². The first kappa shape index (κ1) is 16.6. The summed E-state index contributed by atoms with van der Waals surface area (Å²) in [4.78, 5) is 12.0. The Kier molecular flexibility index (Phi) is 3.54. The number of carbonyl (C=O) groups excluding carboxylic acids is 1. The standard InChI is InChI=1S/C20H24O5/c1-9(2)10-4-5-12-17(18(10)23)14(21)6-13-11-8-25-19(24)16(11)15(22)7-20(12,13)3/h4-5,9,13-15,21-23H,6-8H2,1-3H3/t13-,14-,15-,20+/m0/s1. The number of aliphatic hydroxyl groups is 2. The van der Waals surface area contributed by atoms with Crippen LogP contribution >= 0.6 is 0 Å². The van der Waals surface area contributed by atoms with Gasteiger partial charge in [0.25, 0.3) is 0 Å². The zero-order valence-corrected chi connectivity index (χ0v) is 14.7. The van der Waals surface area contributed by atoms with Crippen LogP contribution in [0.5, 0.6) is 5.75 Å². The number of rotatable bonds is 1. The van der Waals surface area contributed by atoms with Gasteiger partial charge in [-0.2, -0.15) is 0 Å². The van der Waals surface area contributed by atoms with Gasteiger partial charge in [-0.1, -0.05) is 32.9 Å². The molecule has 1 heterocycles. The second-order valence-corrected chi connectivity index (χ2v) is 8.08. The number of phenolic OH excluding ortho intramolecular Hbond substituents is 1. The van der Waals surface area contributed by atoms with Crippen LogP contribution in [0.15, 0.2) is 23.3 Å². The van der Waals surface area contributed by atoms with Gasteiger partial charge in [-0.15, -0.1) is 0 Å². The average molecular weight is 344 g/mol. The Labute approximate surface area is 146 Å². The number of esters is 1. The summed E-state index contributed by atoms with van der Waals surface area (Å²) in [6.07, 6.45) is -0.875. The van der Waals surface area contributed by atoms with Crippen LogP contribution in [0.25, 0.3) is 0 Å². The first-order valence-electron chi connectivity index (χ1n) is 8.88. The Morgan fingerprint density at radius 1 is 1.24 bits per heavy atom. The SMILES string of the molecule is CC(C)c1ccc2c(c1O)[C@@H](O)C[C@H]1C3=C(C(=O)OC3)[C@@H](O)C[C@]21C. The molecular formula is C20H24O5. The fraction of sp³-hybridized carbons (Fsp3) is 0.550. The van der Waals surface area contributed by atoms with E-state index >= 15 is 0 Å². The summed E-state index contributed by atoms with van der Waals surface area (Å²) >= 11 is 0. The molecule has 3 aliphatic rings. The molecule has 5 heteroatoms. The van der Waals surface area contributed by atoms with Crippen LogP contribution in [-0.4, -0.2) is 34.0 Å². The molecule has 1 aromatic rings. The predicted octanol–water partition coefficient (Wildman–Crippen LogP) is 2.44. The second kappa shape index (κ2) is 5.32. The van der Waals surface area contributed by atoms with Gasteiger partial charge < -0.3 is 20.1 Å². The van der Waals surface area contributed by atoms with E-state index in [2.05, 4.69) is 0 Å². The van der Waals surface area contributed by atoms with Crippen LogP contribution in [-0.2, 0) is 14.9 Å². The Morgan fingerprint density at radius 2 is 1.96 bits per heavy atom. The quantitative estimate of drug-likeness (QED) is 0.681. The van der Waals surface area contributed by atoms with Gasteiger partial charge in [0.15, 0.2) is 0 Å². The summed E-state index contributed by atoms with van der Waals surface area (Å²) in [6, 6.07) is 3.88. The van der Waals surface area contributed by atoms with Gasteiger partial charge in [0.2, 0.25) is 0 Å². The third-order valence-electron chi connectivity index (χ3n) is 6.34. The van der Waals surface area contributed by atoms with Crippen LogP contribution < -0.4 is 0 Å². The highest BCUT2D eigenvalue weighted by Crippen LogP contribution is 2.57. The zero-order valence-electron chi connectivity index (χ0n) is 14.7. The predicted molar refractivity (Wildman–Crippen MR) is 91.2 cm³/mol. The van der Waals surface area contributed by atoms with Gasteiger partial charge in [-0.25, -0.2) is 4.79 Å². The summed E-state index contributed by atoms with van der Waals surface area (Å²) in [5, 5.41) is 32.1. The third-order valence-corrected chi connectivity index (χ3v) is 6.34. The summed E-state index contributed by atoms with van der Waals surface area (Å²) in [6.45, 7) is 6.24. The molecule has 0 amide bonds. The van der Waals surface area contributed by atoms with Crippen molar-refractivity contribution in [3.63, 3.8) is 0 Å². The van der Waals surface area contributed by atoms with Gasteiger partial charge in [0.05, 0.1) is 17.8 Å². The lowest BCUT2D eigenvalue weighted by molar-refractivity contribution is -0.136. The Balaban J connectivity index is 1.91. The van der Waals surface area contributed by atoms with Crippen molar-refractivity contribution in [2.45, 2.75) is 57.2 Å². The van der Waals surface area contributed by atoms with E-state index in [1.165, 1.54) is 0 Å². The summed E-state index contributed by atoms with van der Waals surface area (Å²) in [5.74, 6) is -0.213. The molecule has 134 valence electrons. The molecular weight excluding hydrogens is 320 g/mol. The molecule has 4 atom stereocenters. The molecule has 0 unspecified atom stereocenters. The molecule has 1 aromatic carbocycles. The number of hydrogen-bond donors (Lipinski definition) is 3. The minimum atomic E-state index is -0.874. The van der Waals surface area contributed by atoms with Gasteiger partial charge in [-0.05, 0) is 41.4 Å². The number of benzene rings is 1. The maximum atomic E-state index is 12.0. The molecule has 0 fully saturated rings. The van der Waals surface area contributed by atoms with Crippen LogP contribution in [0.4, 0.5) is 0 Å². The second-order valence-electron chi connectivity index (χ2n) is 8.08. The van der Waals surface area contributed by atoms with E-state index in [0.29, 0.717) is 24.0 Å². The van der Waals surface area contributed by atoms with Gasteiger partial charge in [0.1, 0.15) is 12.4 Å².